The predicted octanol–water partition coefficient (Wildman–Crippen LogP) is 14.0. The minimum atomic E-state index is -0.934. The Hall–Kier alpha value is -4.61. The standard InChI is InChI=1S/C16H23NO3S.C15H21NO2S.C9H12O2S.C8H10O2S.C7H7ClOS.C7H8O2S/c1-16(10-18,14-4-3-7-21-14)15(19)20-13-8-11-5-6-12(9-13)17(11)2;1-10(14-4-3-7-19-14)15(17)18-13-8-11-5-6-12(9-13)16(11)2;1-3-11-9(10)7(2)8-5-4-6-12-8;1-2-10-8(9)6-7-4-3-5-11-7;2*1-5(7(8)9)6-3-2-4-10-6/h3-4,7,11-13,18H,5-6,8-10H2,1-2H3;3-4,7,10-13H,5-6,8-9H2,1-2H3;4-7H,3H2,1-2H3;3-5H,2,6H2,1H3;2-5H,1H3;2-5H,1H3,(H,8,9). The number of aliphatic hydroxyl groups is 1. The number of fused-ring (bicyclic) bond motifs is 4. The lowest BCUT2D eigenvalue weighted by Crippen LogP contribution is -2.46. The summed E-state index contributed by atoms with van der Waals surface area (Å²) in [6.45, 7) is 13.4. The van der Waals surface area contributed by atoms with Crippen LogP contribution in [0.2, 0.25) is 0 Å². The van der Waals surface area contributed by atoms with Gasteiger partial charge in [-0.3, -0.25) is 28.8 Å². The highest BCUT2D eigenvalue weighted by Crippen LogP contribution is 2.39. The number of hydrogen-bond donors (Lipinski definition) is 2. The summed E-state index contributed by atoms with van der Waals surface area (Å²) in [5.41, 5.74) is -0.934. The van der Waals surface area contributed by atoms with Crippen LogP contribution in [-0.2, 0) is 59.6 Å². The molecule has 9 atom stereocenters. The minimum Gasteiger partial charge on any atom is -0.481 e. The molecule has 0 spiro atoms. The summed E-state index contributed by atoms with van der Waals surface area (Å²) in [5.74, 6) is -2.15. The van der Waals surface area contributed by atoms with Crippen molar-refractivity contribution in [3.05, 3.63) is 134 Å². The van der Waals surface area contributed by atoms with Gasteiger partial charge < -0.3 is 39.0 Å². The van der Waals surface area contributed by atoms with Crippen LogP contribution in [0.3, 0.4) is 0 Å². The van der Waals surface area contributed by atoms with Crippen LogP contribution in [0.4, 0.5) is 0 Å². The number of carbonyl (C=O) groups is 6. The van der Waals surface area contributed by atoms with Crippen molar-refractivity contribution in [3.63, 3.8) is 0 Å². The molecule has 4 saturated heterocycles. The van der Waals surface area contributed by atoms with Crippen molar-refractivity contribution < 1.29 is 57.9 Å². The van der Waals surface area contributed by atoms with Gasteiger partial charge in [-0.2, -0.15) is 0 Å². The van der Waals surface area contributed by atoms with E-state index in [2.05, 4.69) is 23.9 Å². The molecule has 4 bridgehead atoms. The number of nitrogens with zero attached hydrogens (tertiary/aromatic N) is 2. The van der Waals surface area contributed by atoms with Crippen LogP contribution >= 0.6 is 79.6 Å². The van der Waals surface area contributed by atoms with Gasteiger partial charge >= 0.3 is 29.8 Å². The second-order valence-corrected chi connectivity index (χ2v) is 27.3. The monoisotopic (exact) mass is 1270 g/mol. The Morgan fingerprint density at radius 1 is 0.566 bits per heavy atom. The van der Waals surface area contributed by atoms with E-state index in [1.165, 1.54) is 48.4 Å². The fourth-order valence-electron chi connectivity index (χ4n) is 9.95. The van der Waals surface area contributed by atoms with Crippen molar-refractivity contribution in [1.82, 2.24) is 9.80 Å². The van der Waals surface area contributed by atoms with E-state index in [0.29, 0.717) is 43.8 Å². The molecule has 6 aromatic rings. The molecule has 0 aromatic carbocycles. The lowest BCUT2D eigenvalue weighted by atomic mass is 9.89. The van der Waals surface area contributed by atoms with Crippen molar-refractivity contribution in [3.8, 4) is 0 Å². The Morgan fingerprint density at radius 3 is 1.34 bits per heavy atom. The fourth-order valence-corrected chi connectivity index (χ4v) is 14.8. The van der Waals surface area contributed by atoms with Gasteiger partial charge in [0.1, 0.15) is 17.6 Å². The van der Waals surface area contributed by atoms with Gasteiger partial charge in [0.05, 0.1) is 49.9 Å². The van der Waals surface area contributed by atoms with Crippen molar-refractivity contribution in [2.75, 3.05) is 33.9 Å². The van der Waals surface area contributed by atoms with Crippen LogP contribution in [0, 0.1) is 0 Å². The molecule has 9 unspecified atom stereocenters. The van der Waals surface area contributed by atoms with E-state index in [0.717, 1.165) is 54.9 Å². The molecule has 14 nitrogen and oxygen atoms in total. The third-order valence-corrected chi connectivity index (χ3v) is 21.8. The summed E-state index contributed by atoms with van der Waals surface area (Å²) in [4.78, 5) is 78.8. The van der Waals surface area contributed by atoms with Crippen molar-refractivity contribution in [1.29, 1.82) is 0 Å². The smallest absolute Gasteiger partial charge is 0.319 e. The topological polar surface area (TPSA) is 186 Å². The molecule has 4 fully saturated rings. The van der Waals surface area contributed by atoms with Gasteiger partial charge in [0.15, 0.2) is 0 Å². The SMILES string of the molecule is CC(C(=O)Cl)c1cccs1.CC(C(=O)O)c1cccs1.CC(C(=O)OC1CC2CCC(C1)N2C)c1cccs1.CCOC(=O)C(C)c1cccs1.CCOC(=O)Cc1cccs1.CN1C2CCC1CC(OC(=O)C(C)(CO)c1cccs1)C2. The maximum atomic E-state index is 12.6. The Balaban J connectivity index is 0.000000188. The molecule has 0 radical (unpaired) electrons. The maximum Gasteiger partial charge on any atom is 0.319 e. The molecular formula is C62H81ClN2O12S6. The first-order valence-electron chi connectivity index (χ1n) is 28.1. The Morgan fingerprint density at radius 2 is 0.964 bits per heavy atom. The van der Waals surface area contributed by atoms with E-state index >= 15 is 0 Å². The lowest BCUT2D eigenvalue weighted by Gasteiger charge is -2.37. The zero-order valence-corrected chi connectivity index (χ0v) is 54.5. The van der Waals surface area contributed by atoms with Gasteiger partial charge in [-0.15, -0.1) is 68.0 Å². The van der Waals surface area contributed by atoms with Crippen LogP contribution in [0.1, 0.15) is 153 Å². The highest BCUT2D eigenvalue weighted by Gasteiger charge is 2.44. The maximum absolute atomic E-state index is 12.6. The zero-order valence-electron chi connectivity index (χ0n) is 48.8. The first kappa shape index (κ1) is 69.2. The van der Waals surface area contributed by atoms with Gasteiger partial charge in [-0.1, -0.05) is 36.4 Å². The number of halogens is 1. The average molecular weight is 1270 g/mol. The van der Waals surface area contributed by atoms with E-state index < -0.39 is 11.4 Å². The van der Waals surface area contributed by atoms with Gasteiger partial charge in [0.2, 0.25) is 5.24 Å². The molecule has 0 aliphatic carbocycles. The van der Waals surface area contributed by atoms with Crippen LogP contribution < -0.4 is 0 Å². The number of aliphatic carboxylic acids is 1. The van der Waals surface area contributed by atoms with Crippen LogP contribution in [0.5, 0.6) is 0 Å². The molecule has 6 aromatic heterocycles. The number of rotatable bonds is 17. The molecule has 21 heteroatoms. The summed E-state index contributed by atoms with van der Waals surface area (Å²) < 4.78 is 21.2. The van der Waals surface area contributed by atoms with E-state index in [1.54, 1.807) is 66.1 Å². The van der Waals surface area contributed by atoms with Crippen molar-refractivity contribution in [2.24, 2.45) is 0 Å². The number of esters is 4. The van der Waals surface area contributed by atoms with Crippen LogP contribution in [-0.4, -0.2) is 125 Å². The average Bonchev–Trinajstić information content (AvgIpc) is 4.43. The molecule has 4 aliphatic rings. The summed E-state index contributed by atoms with van der Waals surface area (Å²) >= 11 is 14.6. The predicted molar refractivity (Wildman–Crippen MR) is 337 cm³/mol. The zero-order chi connectivity index (χ0) is 60.6. The number of carboxylic acid groups (broad SMARTS) is 1. The van der Waals surface area contributed by atoms with Gasteiger partial charge in [-0.25, -0.2) is 0 Å². The van der Waals surface area contributed by atoms with Crippen LogP contribution in [0.25, 0.3) is 0 Å². The third kappa shape index (κ3) is 21.1. The third-order valence-electron chi connectivity index (χ3n) is 15.3. The lowest BCUT2D eigenvalue weighted by molar-refractivity contribution is -0.160. The number of ether oxygens (including phenoxy) is 4. The molecule has 10 heterocycles. The minimum absolute atomic E-state index is 0.00274. The Labute approximate surface area is 518 Å². The largest absolute Gasteiger partial charge is 0.481 e. The number of carboxylic acids is 1. The summed E-state index contributed by atoms with van der Waals surface area (Å²) in [6, 6.07) is 25.4. The number of piperidine rings is 2. The van der Waals surface area contributed by atoms with Crippen LogP contribution in [0.15, 0.2) is 105 Å². The highest BCUT2D eigenvalue weighted by atomic mass is 35.5. The quantitative estimate of drug-likeness (QED) is 0.0499. The normalized spacial score (nSPS) is 21.6. The molecular weight excluding hydrogens is 1190 g/mol. The Bertz CT molecular complexity index is 2730. The molecule has 2 N–H and O–H groups in total. The van der Waals surface area contributed by atoms with E-state index in [9.17, 15) is 33.9 Å². The summed E-state index contributed by atoms with van der Waals surface area (Å²) in [5, 5.41) is 29.7. The molecule has 83 heavy (non-hydrogen) atoms. The molecule has 0 saturated carbocycles. The molecule has 10 rings (SSSR count). The summed E-state index contributed by atoms with van der Waals surface area (Å²) in [7, 11) is 4.37. The molecule has 4 aliphatic heterocycles. The first-order valence-corrected chi connectivity index (χ1v) is 33.8. The van der Waals surface area contributed by atoms with Gasteiger partial charge in [-0.05, 0) is 194 Å². The van der Waals surface area contributed by atoms with E-state index in [-0.39, 0.29) is 71.6 Å². The van der Waals surface area contributed by atoms with E-state index in [1.807, 2.05) is 133 Å². The summed E-state index contributed by atoms with van der Waals surface area (Å²) in [6.07, 6.45) is 9.33. The number of hydrogen-bond acceptors (Lipinski definition) is 19. The Kier molecular flexibility index (Phi) is 29.3. The number of aliphatic hydroxyl groups excluding tert-OH is 1. The number of thiophene rings is 6. The second-order valence-electron chi connectivity index (χ2n) is 21.0. The first-order chi connectivity index (χ1) is 39.7. The number of carbonyl (C=O) groups excluding carboxylic acids is 5. The second kappa shape index (κ2) is 35.1. The van der Waals surface area contributed by atoms with Gasteiger partial charge in [0, 0.05) is 53.4 Å². The molecule has 0 amide bonds. The van der Waals surface area contributed by atoms with E-state index in [4.69, 9.17) is 35.7 Å². The van der Waals surface area contributed by atoms with Crippen molar-refractivity contribution in [2.45, 2.75) is 172 Å². The fraction of sp³-hybridized carbons (Fsp3) is 0.516. The van der Waals surface area contributed by atoms with Gasteiger partial charge in [0.25, 0.3) is 0 Å². The highest BCUT2D eigenvalue weighted by molar-refractivity contribution is 7.11. The van der Waals surface area contributed by atoms with Crippen molar-refractivity contribution >= 4 is 115 Å². The molecule has 454 valence electrons.